The third-order valence-corrected chi connectivity index (χ3v) is 2.85. The Labute approximate surface area is 113 Å². The smallest absolute Gasteiger partial charge is 0.347 e. The lowest BCUT2D eigenvalue weighted by atomic mass is 10.0. The Hall–Kier alpha value is -1.91. The molecule has 0 aliphatic heterocycles. The lowest BCUT2D eigenvalue weighted by molar-refractivity contribution is -0.154. The van der Waals surface area contributed by atoms with Crippen LogP contribution in [0.1, 0.15) is 26.7 Å². The Balaban J connectivity index is 3.05. The molecule has 5 nitrogen and oxygen atoms in total. The van der Waals surface area contributed by atoms with Crippen LogP contribution in [0.25, 0.3) is 0 Å². The molecule has 0 aliphatic carbocycles. The second kappa shape index (κ2) is 6.31. The molecule has 0 amide bonds. The summed E-state index contributed by atoms with van der Waals surface area (Å²) in [4.78, 5) is 11.3. The summed E-state index contributed by atoms with van der Waals surface area (Å²) >= 11 is 0. The van der Waals surface area contributed by atoms with Gasteiger partial charge in [-0.3, -0.25) is 0 Å². The van der Waals surface area contributed by atoms with E-state index in [0.717, 1.165) is 0 Å². The van der Waals surface area contributed by atoms with Gasteiger partial charge in [-0.2, -0.15) is 0 Å². The van der Waals surface area contributed by atoms with Gasteiger partial charge in [0, 0.05) is 18.2 Å². The van der Waals surface area contributed by atoms with Gasteiger partial charge in [-0.1, -0.05) is 13.3 Å². The predicted molar refractivity (Wildman–Crippen MR) is 71.1 cm³/mol. The highest BCUT2D eigenvalue weighted by Gasteiger charge is 2.34. The number of methoxy groups -OCH3 is 2. The highest BCUT2D eigenvalue weighted by Crippen LogP contribution is 2.31. The van der Waals surface area contributed by atoms with Crippen LogP contribution in [0, 0.1) is 0 Å². The van der Waals surface area contributed by atoms with Crippen molar-refractivity contribution >= 4 is 5.97 Å². The second-order valence-electron chi connectivity index (χ2n) is 4.44. The standard InChI is InChI=1S/C14H20O5/c1-5-6-14(2,13(15)16)19-12-8-10(17-3)7-11(9-12)18-4/h7-9H,5-6H2,1-4H3,(H,15,16). The van der Waals surface area contributed by atoms with Gasteiger partial charge in [-0.15, -0.1) is 0 Å². The average molecular weight is 268 g/mol. The first-order valence-corrected chi connectivity index (χ1v) is 6.10. The summed E-state index contributed by atoms with van der Waals surface area (Å²) < 4.78 is 15.9. The molecule has 1 atom stereocenters. The topological polar surface area (TPSA) is 65.0 Å². The minimum atomic E-state index is -1.26. The molecule has 0 saturated heterocycles. The zero-order valence-corrected chi connectivity index (χ0v) is 11.7. The SMILES string of the molecule is CCCC(C)(Oc1cc(OC)cc(OC)c1)C(=O)O. The fraction of sp³-hybridized carbons (Fsp3) is 0.500. The van der Waals surface area contributed by atoms with Crippen LogP contribution in [0.5, 0.6) is 17.2 Å². The molecular formula is C14H20O5. The molecule has 0 heterocycles. The molecule has 19 heavy (non-hydrogen) atoms. The van der Waals surface area contributed by atoms with Crippen LogP contribution < -0.4 is 14.2 Å². The van der Waals surface area contributed by atoms with Crippen molar-refractivity contribution in [2.75, 3.05) is 14.2 Å². The first kappa shape index (κ1) is 15.1. The van der Waals surface area contributed by atoms with Gasteiger partial charge in [-0.05, 0) is 13.3 Å². The van der Waals surface area contributed by atoms with Crippen LogP contribution in [0.15, 0.2) is 18.2 Å². The Morgan fingerprint density at radius 1 is 1.16 bits per heavy atom. The number of hydrogen-bond acceptors (Lipinski definition) is 4. The molecule has 0 spiro atoms. The van der Waals surface area contributed by atoms with E-state index >= 15 is 0 Å². The summed E-state index contributed by atoms with van der Waals surface area (Å²) in [6, 6.07) is 4.98. The third kappa shape index (κ3) is 3.77. The number of carboxylic acid groups (broad SMARTS) is 1. The molecule has 1 aromatic carbocycles. The summed E-state index contributed by atoms with van der Waals surface area (Å²) in [6.45, 7) is 3.47. The van der Waals surface area contributed by atoms with E-state index in [1.54, 1.807) is 25.1 Å². The fourth-order valence-electron chi connectivity index (χ4n) is 1.78. The normalized spacial score (nSPS) is 13.5. The van der Waals surface area contributed by atoms with Gasteiger partial charge < -0.3 is 19.3 Å². The lowest BCUT2D eigenvalue weighted by Crippen LogP contribution is -2.41. The molecule has 0 bridgehead atoms. The molecule has 0 radical (unpaired) electrons. The minimum absolute atomic E-state index is 0.412. The second-order valence-corrected chi connectivity index (χ2v) is 4.44. The number of carbonyl (C=O) groups is 1. The Morgan fingerprint density at radius 3 is 2.00 bits per heavy atom. The predicted octanol–water partition coefficient (Wildman–Crippen LogP) is 2.73. The monoisotopic (exact) mass is 268 g/mol. The molecule has 0 saturated carbocycles. The molecule has 1 N–H and O–H groups in total. The van der Waals surface area contributed by atoms with Gasteiger partial charge in [0.25, 0.3) is 0 Å². The van der Waals surface area contributed by atoms with E-state index in [9.17, 15) is 9.90 Å². The number of benzene rings is 1. The van der Waals surface area contributed by atoms with Crippen molar-refractivity contribution in [3.63, 3.8) is 0 Å². The first-order valence-electron chi connectivity index (χ1n) is 6.10. The molecule has 0 aromatic heterocycles. The van der Waals surface area contributed by atoms with Crippen LogP contribution in [-0.4, -0.2) is 30.9 Å². The Morgan fingerprint density at radius 2 is 1.63 bits per heavy atom. The molecule has 106 valence electrons. The maximum Gasteiger partial charge on any atom is 0.347 e. The quantitative estimate of drug-likeness (QED) is 0.823. The molecular weight excluding hydrogens is 248 g/mol. The van der Waals surface area contributed by atoms with E-state index in [1.807, 2.05) is 6.92 Å². The summed E-state index contributed by atoms with van der Waals surface area (Å²) in [5, 5.41) is 9.29. The fourth-order valence-corrected chi connectivity index (χ4v) is 1.78. The largest absolute Gasteiger partial charge is 0.496 e. The van der Waals surface area contributed by atoms with Crippen molar-refractivity contribution < 1.29 is 24.1 Å². The number of carboxylic acids is 1. The van der Waals surface area contributed by atoms with E-state index in [4.69, 9.17) is 14.2 Å². The van der Waals surface area contributed by atoms with Gasteiger partial charge in [0.15, 0.2) is 0 Å². The van der Waals surface area contributed by atoms with Crippen molar-refractivity contribution in [2.24, 2.45) is 0 Å². The summed E-state index contributed by atoms with van der Waals surface area (Å²) in [5.41, 5.74) is -1.26. The van der Waals surface area contributed by atoms with Crippen molar-refractivity contribution in [3.05, 3.63) is 18.2 Å². The van der Waals surface area contributed by atoms with E-state index in [1.165, 1.54) is 14.2 Å². The van der Waals surface area contributed by atoms with Gasteiger partial charge in [0.05, 0.1) is 14.2 Å². The average Bonchev–Trinajstić information content (AvgIpc) is 2.38. The molecule has 1 aromatic rings. The maximum atomic E-state index is 11.3. The van der Waals surface area contributed by atoms with Crippen LogP contribution in [-0.2, 0) is 4.79 Å². The van der Waals surface area contributed by atoms with E-state index in [0.29, 0.717) is 30.1 Å². The number of aliphatic carboxylic acids is 1. The zero-order chi connectivity index (χ0) is 14.5. The van der Waals surface area contributed by atoms with E-state index < -0.39 is 11.6 Å². The van der Waals surface area contributed by atoms with Crippen LogP contribution in [0.4, 0.5) is 0 Å². The lowest BCUT2D eigenvalue weighted by Gasteiger charge is -2.26. The first-order chi connectivity index (χ1) is 8.95. The highest BCUT2D eigenvalue weighted by molar-refractivity contribution is 5.77. The van der Waals surface area contributed by atoms with Crippen LogP contribution in [0.3, 0.4) is 0 Å². The van der Waals surface area contributed by atoms with Gasteiger partial charge in [-0.25, -0.2) is 4.79 Å². The number of hydrogen-bond donors (Lipinski definition) is 1. The maximum absolute atomic E-state index is 11.3. The van der Waals surface area contributed by atoms with Crippen LogP contribution >= 0.6 is 0 Å². The molecule has 1 unspecified atom stereocenters. The summed E-state index contributed by atoms with van der Waals surface area (Å²) in [6.07, 6.45) is 1.13. The van der Waals surface area contributed by atoms with Crippen molar-refractivity contribution in [2.45, 2.75) is 32.3 Å². The van der Waals surface area contributed by atoms with Crippen molar-refractivity contribution in [1.82, 2.24) is 0 Å². The molecule has 5 heteroatoms. The number of ether oxygens (including phenoxy) is 3. The van der Waals surface area contributed by atoms with Gasteiger partial charge in [0.2, 0.25) is 5.60 Å². The Bertz CT molecular complexity index is 421. The van der Waals surface area contributed by atoms with E-state index in [2.05, 4.69) is 0 Å². The van der Waals surface area contributed by atoms with Crippen molar-refractivity contribution in [3.8, 4) is 17.2 Å². The minimum Gasteiger partial charge on any atom is -0.496 e. The van der Waals surface area contributed by atoms with E-state index in [-0.39, 0.29) is 0 Å². The number of rotatable bonds is 7. The van der Waals surface area contributed by atoms with Gasteiger partial charge >= 0.3 is 5.97 Å². The summed E-state index contributed by atoms with van der Waals surface area (Å²) in [7, 11) is 3.06. The van der Waals surface area contributed by atoms with Crippen LogP contribution in [0.2, 0.25) is 0 Å². The third-order valence-electron chi connectivity index (χ3n) is 2.85. The van der Waals surface area contributed by atoms with Gasteiger partial charge in [0.1, 0.15) is 17.2 Å². The Kier molecular flexibility index (Phi) is 5.03. The molecule has 0 aliphatic rings. The zero-order valence-electron chi connectivity index (χ0n) is 11.7. The molecule has 1 rings (SSSR count). The highest BCUT2D eigenvalue weighted by atomic mass is 16.5. The molecule has 0 fully saturated rings. The van der Waals surface area contributed by atoms with Crippen molar-refractivity contribution in [1.29, 1.82) is 0 Å². The summed E-state index contributed by atoms with van der Waals surface area (Å²) in [5.74, 6) is 0.530.